The first-order valence-corrected chi connectivity index (χ1v) is 6.64. The van der Waals surface area contributed by atoms with Gasteiger partial charge in [-0.3, -0.25) is 0 Å². The van der Waals surface area contributed by atoms with Crippen molar-refractivity contribution in [3.63, 3.8) is 0 Å². The smallest absolute Gasteiger partial charge is 0.130 e. The van der Waals surface area contributed by atoms with E-state index in [1.165, 1.54) is 12.1 Å². The van der Waals surface area contributed by atoms with Crippen molar-refractivity contribution in [3.05, 3.63) is 69.7 Å². The van der Waals surface area contributed by atoms with E-state index in [9.17, 15) is 8.78 Å². The average Bonchev–Trinajstić information content (AvgIpc) is 2.37. The van der Waals surface area contributed by atoms with E-state index in [1.54, 1.807) is 31.2 Å². The van der Waals surface area contributed by atoms with Gasteiger partial charge in [-0.1, -0.05) is 35.9 Å². The SMILES string of the molecule is Cc1cccc(C(Cl)Cc2c(F)cccc2Cl)c1F. The number of alkyl halides is 1. The number of halogens is 4. The van der Waals surface area contributed by atoms with Gasteiger partial charge in [-0.2, -0.15) is 0 Å². The number of benzene rings is 2. The molecule has 0 aliphatic heterocycles. The highest BCUT2D eigenvalue weighted by Gasteiger charge is 2.18. The maximum atomic E-state index is 13.9. The first-order chi connectivity index (χ1) is 9.00. The minimum atomic E-state index is -0.658. The maximum Gasteiger partial charge on any atom is 0.130 e. The average molecular weight is 301 g/mol. The van der Waals surface area contributed by atoms with Gasteiger partial charge >= 0.3 is 0 Å². The Labute approximate surface area is 121 Å². The van der Waals surface area contributed by atoms with Gasteiger partial charge in [0.25, 0.3) is 0 Å². The molecule has 100 valence electrons. The Morgan fingerprint density at radius 3 is 2.47 bits per heavy atom. The van der Waals surface area contributed by atoms with E-state index in [0.717, 1.165) is 0 Å². The molecule has 0 spiro atoms. The maximum absolute atomic E-state index is 13.9. The second-order valence-electron chi connectivity index (χ2n) is 4.35. The third kappa shape index (κ3) is 3.07. The van der Waals surface area contributed by atoms with Crippen LogP contribution in [0.1, 0.15) is 22.1 Å². The molecule has 0 fully saturated rings. The third-order valence-corrected chi connectivity index (χ3v) is 3.75. The highest BCUT2D eigenvalue weighted by Crippen LogP contribution is 2.31. The van der Waals surface area contributed by atoms with Crippen LogP contribution in [0.5, 0.6) is 0 Å². The molecule has 0 saturated heterocycles. The van der Waals surface area contributed by atoms with Crippen LogP contribution in [0.15, 0.2) is 36.4 Å². The highest BCUT2D eigenvalue weighted by atomic mass is 35.5. The van der Waals surface area contributed by atoms with Gasteiger partial charge < -0.3 is 0 Å². The molecule has 0 aliphatic carbocycles. The van der Waals surface area contributed by atoms with E-state index < -0.39 is 11.2 Å². The zero-order valence-electron chi connectivity index (χ0n) is 10.3. The molecule has 0 heterocycles. The van der Waals surface area contributed by atoms with Crippen LogP contribution in [0, 0.1) is 18.6 Å². The van der Waals surface area contributed by atoms with E-state index in [4.69, 9.17) is 23.2 Å². The second-order valence-corrected chi connectivity index (χ2v) is 5.28. The topological polar surface area (TPSA) is 0 Å². The summed E-state index contributed by atoms with van der Waals surface area (Å²) in [4.78, 5) is 0. The van der Waals surface area contributed by atoms with Crippen molar-refractivity contribution in [1.82, 2.24) is 0 Å². The van der Waals surface area contributed by atoms with Gasteiger partial charge in [0.15, 0.2) is 0 Å². The fraction of sp³-hybridized carbons (Fsp3) is 0.200. The lowest BCUT2D eigenvalue weighted by molar-refractivity contribution is 0.587. The number of aryl methyl sites for hydroxylation is 1. The Morgan fingerprint density at radius 1 is 1.11 bits per heavy atom. The zero-order chi connectivity index (χ0) is 14.0. The van der Waals surface area contributed by atoms with E-state index in [-0.39, 0.29) is 12.2 Å². The first-order valence-electron chi connectivity index (χ1n) is 5.82. The van der Waals surface area contributed by atoms with Gasteiger partial charge in [-0.15, -0.1) is 11.6 Å². The Bertz CT molecular complexity index is 576. The molecule has 2 aromatic rings. The van der Waals surface area contributed by atoms with Crippen molar-refractivity contribution in [3.8, 4) is 0 Å². The lowest BCUT2D eigenvalue weighted by Gasteiger charge is -2.13. The van der Waals surface area contributed by atoms with Crippen LogP contribution in [0.25, 0.3) is 0 Å². The molecule has 2 aromatic carbocycles. The summed E-state index contributed by atoms with van der Waals surface area (Å²) >= 11 is 12.1. The summed E-state index contributed by atoms with van der Waals surface area (Å²) in [6.07, 6.45) is 0.146. The predicted octanol–water partition coefficient (Wildman–Crippen LogP) is 5.45. The molecule has 1 unspecified atom stereocenters. The number of rotatable bonds is 3. The minimum absolute atomic E-state index is 0.146. The number of hydrogen-bond acceptors (Lipinski definition) is 0. The van der Waals surface area contributed by atoms with E-state index in [0.29, 0.717) is 21.7 Å². The molecule has 0 radical (unpaired) electrons. The van der Waals surface area contributed by atoms with Crippen molar-refractivity contribution < 1.29 is 8.78 Å². The molecule has 2 rings (SSSR count). The summed E-state index contributed by atoms with van der Waals surface area (Å²) in [7, 11) is 0. The van der Waals surface area contributed by atoms with Gasteiger partial charge in [0, 0.05) is 16.1 Å². The van der Waals surface area contributed by atoms with Gasteiger partial charge in [-0.25, -0.2) is 8.78 Å². The monoisotopic (exact) mass is 300 g/mol. The Balaban J connectivity index is 2.31. The van der Waals surface area contributed by atoms with Crippen molar-refractivity contribution in [1.29, 1.82) is 0 Å². The summed E-state index contributed by atoms with van der Waals surface area (Å²) < 4.78 is 27.6. The Kier molecular flexibility index (Phi) is 4.43. The lowest BCUT2D eigenvalue weighted by atomic mass is 10.0. The molecule has 0 amide bonds. The normalized spacial score (nSPS) is 12.5. The molecular formula is C15H12Cl2F2. The van der Waals surface area contributed by atoms with E-state index in [1.807, 2.05) is 0 Å². The standard InChI is InChI=1S/C15H12Cl2F2/c1-9-4-2-5-10(15(9)19)13(17)8-11-12(16)6-3-7-14(11)18/h2-7,13H,8H2,1H3. The summed E-state index contributed by atoms with van der Waals surface area (Å²) in [6, 6.07) is 9.44. The molecular weight excluding hydrogens is 289 g/mol. The largest absolute Gasteiger partial charge is 0.207 e. The van der Waals surface area contributed by atoms with Crippen molar-refractivity contribution in [2.45, 2.75) is 18.7 Å². The third-order valence-electron chi connectivity index (χ3n) is 3.00. The van der Waals surface area contributed by atoms with Gasteiger partial charge in [0.05, 0.1) is 5.38 Å². The Hall–Kier alpha value is -1.12. The van der Waals surface area contributed by atoms with Crippen LogP contribution in [-0.2, 0) is 6.42 Å². The summed E-state index contributed by atoms with van der Waals surface area (Å²) in [5.41, 5.74) is 1.19. The molecule has 1 atom stereocenters. The number of hydrogen-bond donors (Lipinski definition) is 0. The van der Waals surface area contributed by atoms with Gasteiger partial charge in [0.1, 0.15) is 11.6 Å². The first kappa shape index (κ1) is 14.3. The molecule has 0 N–H and O–H groups in total. The quantitative estimate of drug-likeness (QED) is 0.661. The molecule has 4 heteroatoms. The minimum Gasteiger partial charge on any atom is -0.207 e. The molecule has 0 saturated carbocycles. The lowest BCUT2D eigenvalue weighted by Crippen LogP contribution is -2.03. The van der Waals surface area contributed by atoms with E-state index >= 15 is 0 Å². The fourth-order valence-electron chi connectivity index (χ4n) is 1.93. The van der Waals surface area contributed by atoms with Crippen LogP contribution < -0.4 is 0 Å². The van der Waals surface area contributed by atoms with Crippen LogP contribution >= 0.6 is 23.2 Å². The summed E-state index contributed by atoms with van der Waals surface area (Å²) in [5.74, 6) is -0.777. The zero-order valence-corrected chi connectivity index (χ0v) is 11.8. The molecule has 0 aliphatic rings. The van der Waals surface area contributed by atoms with Crippen molar-refractivity contribution in [2.75, 3.05) is 0 Å². The van der Waals surface area contributed by atoms with Crippen LogP contribution in [0.2, 0.25) is 5.02 Å². The van der Waals surface area contributed by atoms with Crippen LogP contribution in [0.4, 0.5) is 8.78 Å². The molecule has 0 bridgehead atoms. The second kappa shape index (κ2) is 5.89. The molecule has 0 nitrogen and oxygen atoms in total. The van der Waals surface area contributed by atoms with Crippen LogP contribution in [-0.4, -0.2) is 0 Å². The van der Waals surface area contributed by atoms with Gasteiger partial charge in [-0.05, 0) is 31.0 Å². The van der Waals surface area contributed by atoms with E-state index in [2.05, 4.69) is 0 Å². The van der Waals surface area contributed by atoms with Crippen LogP contribution in [0.3, 0.4) is 0 Å². The summed E-state index contributed by atoms with van der Waals surface area (Å²) in [6.45, 7) is 1.67. The van der Waals surface area contributed by atoms with Crippen molar-refractivity contribution in [2.24, 2.45) is 0 Å². The molecule has 19 heavy (non-hydrogen) atoms. The van der Waals surface area contributed by atoms with Gasteiger partial charge in [0.2, 0.25) is 0 Å². The van der Waals surface area contributed by atoms with Crippen molar-refractivity contribution >= 4 is 23.2 Å². The Morgan fingerprint density at radius 2 is 1.79 bits per heavy atom. The highest BCUT2D eigenvalue weighted by molar-refractivity contribution is 6.31. The fourth-order valence-corrected chi connectivity index (χ4v) is 2.49. The predicted molar refractivity (Wildman–Crippen MR) is 74.8 cm³/mol. The molecule has 0 aromatic heterocycles. The summed E-state index contributed by atoms with van der Waals surface area (Å²) in [5, 5.41) is -0.354.